The number of para-hydroxylation sites is 2. The van der Waals surface area contributed by atoms with Crippen LogP contribution in [0.5, 0.6) is 5.75 Å². The fraction of sp³-hybridized carbons (Fsp3) is 0.400. The molecule has 0 bridgehead atoms. The summed E-state index contributed by atoms with van der Waals surface area (Å²) in [6.07, 6.45) is 1.72. The van der Waals surface area contributed by atoms with E-state index in [0.29, 0.717) is 39.2 Å². The van der Waals surface area contributed by atoms with Crippen molar-refractivity contribution in [3.63, 3.8) is 0 Å². The predicted molar refractivity (Wildman–Crippen MR) is 274 cm³/mol. The molecule has 0 unspecified atom stereocenters. The van der Waals surface area contributed by atoms with E-state index in [9.17, 15) is 7.85 Å². The number of aromatic hydroxyl groups is 1. The van der Waals surface area contributed by atoms with Crippen molar-refractivity contribution in [3.8, 4) is 56.3 Å². The fourth-order valence-corrected chi connectivity index (χ4v) is 8.16. The quantitative estimate of drug-likeness (QED) is 0.187. The van der Waals surface area contributed by atoms with E-state index in [2.05, 4.69) is 45.0 Å². The Morgan fingerprint density at radius 3 is 1.67 bits per heavy atom. The summed E-state index contributed by atoms with van der Waals surface area (Å²) in [5.74, 6) is -2.29. The molecule has 0 amide bonds. The number of fused-ring (bicyclic) bond motifs is 1. The minimum absolute atomic E-state index is 0.0751. The lowest BCUT2D eigenvalue weighted by atomic mass is 9.78. The Morgan fingerprint density at radius 2 is 1.09 bits per heavy atom. The van der Waals surface area contributed by atoms with Gasteiger partial charge < -0.3 is 5.11 Å². The summed E-state index contributed by atoms with van der Waals surface area (Å²) in [7, 11) is 0. The first kappa shape index (κ1) is 27.1. The third-order valence-corrected chi connectivity index (χ3v) is 11.8. The third-order valence-electron chi connectivity index (χ3n) is 11.8. The normalized spacial score (nSPS) is 19.0. The molecule has 1 N–H and O–H groups in total. The zero-order valence-corrected chi connectivity index (χ0v) is 39.0. The van der Waals surface area contributed by atoms with Crippen LogP contribution in [0.3, 0.4) is 0 Å². The maximum atomic E-state index is 13.2. The SMILES string of the molecule is [2H]c1c(-c2nc3c(-c4cc(-c5cc(-c6ccc(C(C)(C)C)cc6)ccn5)cc(C(C)(C)C)c4)cccc3n2-c2c(C(C)(C)C)cccc2C(C)(C)C)c(O)c(C(C([2H])([2H])[2H])(C([2H])([2H])[2H])C([2H])([2H])[2H])c([2H])c1C(C([2H])([2H])[2H])(C([2H])([2H])[2H])C([2H])([2H])[2H]. The molecule has 0 atom stereocenters. The zero-order valence-electron chi connectivity index (χ0n) is 59.0. The molecule has 2 aromatic heterocycles. The van der Waals surface area contributed by atoms with Gasteiger partial charge in [-0.2, -0.15) is 0 Å². The molecule has 0 aliphatic carbocycles. The minimum atomic E-state index is -4.41. The molecule has 2 heterocycles. The molecule has 334 valence electrons. The van der Waals surface area contributed by atoms with Crippen LogP contribution in [0.2, 0.25) is 0 Å². The van der Waals surface area contributed by atoms with E-state index in [1.54, 1.807) is 36.5 Å². The molecular weight excluding hydrogens is 779 g/mol. The summed E-state index contributed by atoms with van der Waals surface area (Å²) >= 11 is 0. The second-order valence-electron chi connectivity index (χ2n) is 21.2. The number of rotatable bonds is 5. The lowest BCUT2D eigenvalue weighted by molar-refractivity contribution is 0.446. The van der Waals surface area contributed by atoms with Gasteiger partial charge in [0.25, 0.3) is 0 Å². The molecular formula is C60H73N3O. The van der Waals surface area contributed by atoms with Crippen LogP contribution in [0.4, 0.5) is 0 Å². The molecule has 4 heteroatoms. The van der Waals surface area contributed by atoms with E-state index in [-0.39, 0.29) is 16.4 Å². The molecule has 0 radical (unpaired) electrons. The van der Waals surface area contributed by atoms with Crippen LogP contribution in [-0.2, 0) is 32.5 Å². The highest BCUT2D eigenvalue weighted by molar-refractivity contribution is 5.97. The standard InChI is InChI=1S/C60H73N3O/c1-55(2,3)41-27-25-37(26-28-41)38-29-30-61-49(34-38)40-31-39(32-42(33-40)56(4,5)6)44-21-19-24-50-51(44)62-54(45-35-43(57(7,8)9)36-48(53(45)64)60(16,17)18)63(50)52-46(58(10,11)12)22-20-23-47(52)59(13,14)15/h19-36,64H,1-18H3/i7D3,8D3,9D3,16D3,17D3,18D3,35D,36D. The molecule has 0 aliphatic rings. The lowest BCUT2D eigenvalue weighted by Gasteiger charge is -2.32. The Morgan fingerprint density at radius 1 is 0.500 bits per heavy atom. The molecule has 7 rings (SSSR count). The molecule has 4 nitrogen and oxygen atoms in total. The van der Waals surface area contributed by atoms with Crippen LogP contribution in [-0.4, -0.2) is 19.6 Å². The van der Waals surface area contributed by atoms with E-state index in [1.165, 1.54) is 4.57 Å². The molecule has 7 aromatic rings. The number of phenolic OH excluding ortho intramolecular Hbond substituents is 1. The van der Waals surface area contributed by atoms with Crippen molar-refractivity contribution in [1.82, 2.24) is 14.5 Å². The summed E-state index contributed by atoms with van der Waals surface area (Å²) in [5, 5.41) is 13.2. The van der Waals surface area contributed by atoms with Crippen LogP contribution >= 0.6 is 0 Å². The maximum absolute atomic E-state index is 13.2. The van der Waals surface area contributed by atoms with Crippen molar-refractivity contribution in [3.05, 3.63) is 143 Å². The summed E-state index contributed by atoms with van der Waals surface area (Å²) in [5.41, 5.74) is -7.86. The largest absolute Gasteiger partial charge is 0.507 e. The highest BCUT2D eigenvalue weighted by atomic mass is 16.3. The van der Waals surface area contributed by atoms with Gasteiger partial charge in [0, 0.05) is 47.6 Å². The van der Waals surface area contributed by atoms with Gasteiger partial charge in [-0.15, -0.1) is 0 Å². The number of hydrogen-bond acceptors (Lipinski definition) is 3. The number of hydrogen-bond donors (Lipinski definition) is 1. The van der Waals surface area contributed by atoms with Crippen molar-refractivity contribution < 1.29 is 32.5 Å². The fourth-order valence-electron chi connectivity index (χ4n) is 8.16. The second kappa shape index (κ2) is 15.9. The van der Waals surface area contributed by atoms with Gasteiger partial charge >= 0.3 is 0 Å². The van der Waals surface area contributed by atoms with E-state index in [0.717, 1.165) is 22.3 Å². The smallest absolute Gasteiger partial charge is 0.149 e. The van der Waals surface area contributed by atoms with Crippen molar-refractivity contribution in [2.24, 2.45) is 0 Å². The molecule has 0 aliphatic heterocycles. The first-order valence-electron chi connectivity index (χ1n) is 31.6. The number of pyridine rings is 1. The first-order valence-corrected chi connectivity index (χ1v) is 21.6. The first-order chi connectivity index (χ1) is 37.8. The lowest BCUT2D eigenvalue weighted by Crippen LogP contribution is -2.22. The number of benzene rings is 5. The summed E-state index contributed by atoms with van der Waals surface area (Å²) < 4.78 is 180. The monoisotopic (exact) mass is 872 g/mol. The van der Waals surface area contributed by atoms with E-state index in [1.807, 2.05) is 98.7 Å². The molecule has 0 fully saturated rings. The van der Waals surface area contributed by atoms with Gasteiger partial charge in [-0.1, -0.05) is 191 Å². The molecule has 0 saturated carbocycles. The number of phenols is 1. The van der Waals surface area contributed by atoms with Crippen molar-refractivity contribution >= 4 is 11.0 Å². The minimum Gasteiger partial charge on any atom is -0.507 e. The number of imidazole rings is 1. The van der Waals surface area contributed by atoms with Gasteiger partial charge in [-0.25, -0.2) is 4.98 Å². The Kier molecular flexibility index (Phi) is 6.73. The van der Waals surface area contributed by atoms with Crippen LogP contribution in [0, 0.1) is 0 Å². The van der Waals surface area contributed by atoms with Crippen molar-refractivity contribution in [1.29, 1.82) is 0 Å². The van der Waals surface area contributed by atoms with Crippen LogP contribution in [0.1, 0.15) is 185 Å². The maximum Gasteiger partial charge on any atom is 0.149 e. The summed E-state index contributed by atoms with van der Waals surface area (Å²) in [6, 6.07) is 25.2. The number of aromatic nitrogens is 3. The third kappa shape index (κ3) is 9.08. The highest BCUT2D eigenvalue weighted by Crippen LogP contribution is 2.47. The van der Waals surface area contributed by atoms with Crippen LogP contribution < -0.4 is 0 Å². The number of nitrogens with zero attached hydrogens (tertiary/aromatic N) is 3. The van der Waals surface area contributed by atoms with E-state index in [4.69, 9.17) is 34.6 Å². The Labute approximate surface area is 413 Å². The van der Waals surface area contributed by atoms with Gasteiger partial charge in [0.05, 0.1) is 30.7 Å². The Balaban J connectivity index is 1.80. The van der Waals surface area contributed by atoms with Gasteiger partial charge in [0.2, 0.25) is 0 Å². The van der Waals surface area contributed by atoms with Gasteiger partial charge in [-0.05, 0) is 113 Å². The van der Waals surface area contributed by atoms with Gasteiger partial charge in [-0.3, -0.25) is 9.55 Å². The molecule has 0 spiro atoms. The molecule has 0 saturated heterocycles. The van der Waals surface area contributed by atoms with E-state index < -0.39 is 109 Å². The van der Waals surface area contributed by atoms with Crippen molar-refractivity contribution in [2.75, 3.05) is 0 Å². The highest BCUT2D eigenvalue weighted by Gasteiger charge is 2.33. The average molecular weight is 872 g/mol. The second-order valence-corrected chi connectivity index (χ2v) is 21.2. The molecule has 64 heavy (non-hydrogen) atoms. The zero-order chi connectivity index (χ0) is 63.9. The van der Waals surface area contributed by atoms with Crippen LogP contribution in [0.15, 0.2) is 109 Å². The van der Waals surface area contributed by atoms with Crippen LogP contribution in [0.25, 0.3) is 61.6 Å². The summed E-state index contributed by atoms with van der Waals surface area (Å²) in [6.45, 7) is -1.92. The van der Waals surface area contributed by atoms with Gasteiger partial charge in [0.15, 0.2) is 0 Å². The Bertz CT molecular complexity index is 3480. The topological polar surface area (TPSA) is 50.9 Å². The predicted octanol–water partition coefficient (Wildman–Crippen LogP) is 16.6. The average Bonchev–Trinajstić information content (AvgIpc) is 0.787. The Hall–Kier alpha value is -5.48. The summed E-state index contributed by atoms with van der Waals surface area (Å²) in [4.78, 5) is 10.0. The van der Waals surface area contributed by atoms with Crippen molar-refractivity contribution in [2.45, 2.75) is 157 Å². The van der Waals surface area contributed by atoms with Gasteiger partial charge in [0.1, 0.15) is 11.6 Å². The van der Waals surface area contributed by atoms with E-state index >= 15 is 0 Å². The molecule has 5 aromatic carbocycles.